The fraction of sp³-hybridized carbons (Fsp3) is 0.545. The number of thiophene rings is 1. The normalized spacial score (nSPS) is 19.1. The van der Waals surface area contributed by atoms with Crippen LogP contribution in [0.25, 0.3) is 0 Å². The molecule has 0 aliphatic carbocycles. The van der Waals surface area contributed by atoms with Crippen molar-refractivity contribution in [3.8, 4) is 0 Å². The van der Waals surface area contributed by atoms with Crippen LogP contribution in [-0.2, 0) is 16.0 Å². The molecule has 4 nitrogen and oxygen atoms in total. The molecule has 2 heterocycles. The predicted molar refractivity (Wildman–Crippen MR) is 75.9 cm³/mol. The highest BCUT2D eigenvalue weighted by atomic mass is 35.5. The summed E-state index contributed by atoms with van der Waals surface area (Å²) in [6, 6.07) is 3.86. The van der Waals surface area contributed by atoms with Crippen molar-refractivity contribution in [2.75, 3.05) is 26.2 Å². The van der Waals surface area contributed by atoms with E-state index in [1.807, 2.05) is 12.1 Å². The van der Waals surface area contributed by atoms with E-state index in [0.717, 1.165) is 17.3 Å². The second kappa shape index (κ2) is 7.96. The van der Waals surface area contributed by atoms with E-state index in [9.17, 15) is 4.79 Å². The number of amides is 1. The molecule has 1 aliphatic heterocycles. The lowest BCUT2D eigenvalue weighted by atomic mass is 10.2. The second-order valence-electron chi connectivity index (χ2n) is 3.81. The maximum absolute atomic E-state index is 11.7. The molecule has 1 aromatic heterocycles. The average Bonchev–Trinajstić information content (AvgIpc) is 2.76. The lowest BCUT2D eigenvalue weighted by Gasteiger charge is -2.22. The van der Waals surface area contributed by atoms with Gasteiger partial charge in [-0.25, -0.2) is 0 Å². The van der Waals surface area contributed by atoms with Crippen LogP contribution in [0.15, 0.2) is 12.1 Å². The Morgan fingerprint density at radius 2 is 2.44 bits per heavy atom. The van der Waals surface area contributed by atoms with Crippen molar-refractivity contribution in [3.05, 3.63) is 21.3 Å². The second-order valence-corrected chi connectivity index (χ2v) is 5.61. The number of hydrogen-bond acceptors (Lipinski definition) is 4. The van der Waals surface area contributed by atoms with Gasteiger partial charge in [0.25, 0.3) is 0 Å². The summed E-state index contributed by atoms with van der Waals surface area (Å²) in [4.78, 5) is 12.9. The Kier molecular flexibility index (Phi) is 6.96. The molecule has 0 spiro atoms. The quantitative estimate of drug-likeness (QED) is 0.885. The van der Waals surface area contributed by atoms with Crippen molar-refractivity contribution in [1.29, 1.82) is 0 Å². The molecule has 1 fully saturated rings. The van der Waals surface area contributed by atoms with E-state index in [0.29, 0.717) is 19.7 Å². The van der Waals surface area contributed by atoms with Crippen LogP contribution in [0.1, 0.15) is 4.88 Å². The zero-order valence-corrected chi connectivity index (χ0v) is 12.2. The van der Waals surface area contributed by atoms with Crippen LogP contribution in [0.2, 0.25) is 4.34 Å². The van der Waals surface area contributed by atoms with Crippen molar-refractivity contribution < 1.29 is 9.53 Å². The molecule has 2 N–H and O–H groups in total. The Morgan fingerprint density at radius 1 is 1.61 bits per heavy atom. The molecule has 1 unspecified atom stereocenters. The minimum atomic E-state index is -0.351. The Labute approximate surface area is 121 Å². The number of carbonyl (C=O) groups is 1. The molecule has 1 amide bonds. The molecule has 1 atom stereocenters. The maximum atomic E-state index is 11.7. The van der Waals surface area contributed by atoms with E-state index in [2.05, 4.69) is 10.6 Å². The number of ether oxygens (including phenoxy) is 1. The summed E-state index contributed by atoms with van der Waals surface area (Å²) in [6.07, 6.45) is 0.458. The van der Waals surface area contributed by atoms with Gasteiger partial charge < -0.3 is 15.4 Å². The first-order chi connectivity index (χ1) is 8.25. The van der Waals surface area contributed by atoms with E-state index < -0.39 is 0 Å². The van der Waals surface area contributed by atoms with Gasteiger partial charge in [0.1, 0.15) is 6.10 Å². The van der Waals surface area contributed by atoms with Gasteiger partial charge in [-0.05, 0) is 18.6 Å². The topological polar surface area (TPSA) is 50.4 Å². The van der Waals surface area contributed by atoms with Crippen molar-refractivity contribution in [3.63, 3.8) is 0 Å². The first-order valence-corrected chi connectivity index (χ1v) is 6.79. The number of morpholine rings is 1. The zero-order valence-electron chi connectivity index (χ0n) is 9.78. The Hall–Kier alpha value is -0.330. The number of carbonyl (C=O) groups excluding carboxylic acids is 1. The fourth-order valence-corrected chi connectivity index (χ4v) is 2.73. The summed E-state index contributed by atoms with van der Waals surface area (Å²) in [7, 11) is 0. The molecule has 1 saturated heterocycles. The van der Waals surface area contributed by atoms with E-state index in [1.165, 1.54) is 4.88 Å². The SMILES string of the molecule is Cl.O=C(NCCc1ccc(Cl)s1)C1CNCCO1. The van der Waals surface area contributed by atoms with Crippen LogP contribution in [0, 0.1) is 0 Å². The van der Waals surface area contributed by atoms with E-state index in [4.69, 9.17) is 16.3 Å². The largest absolute Gasteiger partial charge is 0.366 e. The highest BCUT2D eigenvalue weighted by Gasteiger charge is 2.20. The standard InChI is InChI=1S/C11H15ClN2O2S.ClH/c12-10-2-1-8(17-10)3-4-14-11(15)9-7-13-5-6-16-9;/h1-2,9,13H,3-7H2,(H,14,15);1H. The van der Waals surface area contributed by atoms with Gasteiger partial charge in [-0.1, -0.05) is 11.6 Å². The summed E-state index contributed by atoms with van der Waals surface area (Å²) in [5, 5.41) is 6.00. The zero-order chi connectivity index (χ0) is 12.1. The summed E-state index contributed by atoms with van der Waals surface area (Å²) >= 11 is 7.37. The lowest BCUT2D eigenvalue weighted by Crippen LogP contribution is -2.48. The smallest absolute Gasteiger partial charge is 0.250 e. The van der Waals surface area contributed by atoms with Crippen LogP contribution in [0.3, 0.4) is 0 Å². The minimum absolute atomic E-state index is 0. The van der Waals surface area contributed by atoms with Crippen LogP contribution < -0.4 is 10.6 Å². The lowest BCUT2D eigenvalue weighted by molar-refractivity contribution is -0.134. The van der Waals surface area contributed by atoms with Crippen LogP contribution in [0.5, 0.6) is 0 Å². The monoisotopic (exact) mass is 310 g/mol. The van der Waals surface area contributed by atoms with Crippen molar-refractivity contribution in [1.82, 2.24) is 10.6 Å². The molecule has 7 heteroatoms. The Morgan fingerprint density at radius 3 is 3.06 bits per heavy atom. The van der Waals surface area contributed by atoms with Gasteiger partial charge in [-0.15, -0.1) is 23.7 Å². The minimum Gasteiger partial charge on any atom is -0.366 e. The molecule has 102 valence electrons. The number of halogens is 2. The van der Waals surface area contributed by atoms with Crippen LogP contribution >= 0.6 is 35.3 Å². The highest BCUT2D eigenvalue weighted by Crippen LogP contribution is 2.21. The fourth-order valence-electron chi connectivity index (χ4n) is 1.64. The molecule has 0 saturated carbocycles. The predicted octanol–water partition coefficient (Wildman–Crippen LogP) is 1.47. The molecule has 1 aliphatic rings. The molecule has 0 bridgehead atoms. The molecular weight excluding hydrogens is 295 g/mol. The van der Waals surface area contributed by atoms with Gasteiger partial charge in [-0.2, -0.15) is 0 Å². The first kappa shape index (κ1) is 15.7. The molecule has 0 aromatic carbocycles. The summed E-state index contributed by atoms with van der Waals surface area (Å²) < 4.78 is 6.14. The summed E-state index contributed by atoms with van der Waals surface area (Å²) in [5.74, 6) is -0.0418. The number of nitrogens with one attached hydrogen (secondary N) is 2. The third kappa shape index (κ3) is 4.74. The molecular formula is C11H16Cl2N2O2S. The van der Waals surface area contributed by atoms with Gasteiger partial charge in [0.15, 0.2) is 0 Å². The molecule has 18 heavy (non-hydrogen) atoms. The van der Waals surface area contributed by atoms with Gasteiger partial charge in [0.2, 0.25) is 5.91 Å². The molecule has 2 rings (SSSR count). The van der Waals surface area contributed by atoms with E-state index in [-0.39, 0.29) is 24.4 Å². The maximum Gasteiger partial charge on any atom is 0.250 e. The number of rotatable bonds is 4. The average molecular weight is 311 g/mol. The molecule has 0 radical (unpaired) electrons. The van der Waals surface area contributed by atoms with E-state index in [1.54, 1.807) is 11.3 Å². The van der Waals surface area contributed by atoms with Gasteiger partial charge in [0.05, 0.1) is 10.9 Å². The third-order valence-electron chi connectivity index (χ3n) is 2.52. The first-order valence-electron chi connectivity index (χ1n) is 5.60. The molecule has 1 aromatic rings. The third-order valence-corrected chi connectivity index (χ3v) is 3.81. The summed E-state index contributed by atoms with van der Waals surface area (Å²) in [5.41, 5.74) is 0. The van der Waals surface area contributed by atoms with E-state index >= 15 is 0 Å². The van der Waals surface area contributed by atoms with Crippen molar-refractivity contribution >= 4 is 41.3 Å². The van der Waals surface area contributed by atoms with Crippen LogP contribution in [0.4, 0.5) is 0 Å². The van der Waals surface area contributed by atoms with Gasteiger partial charge in [0, 0.05) is 24.5 Å². The Bertz CT molecular complexity index is 381. The van der Waals surface area contributed by atoms with Crippen molar-refractivity contribution in [2.45, 2.75) is 12.5 Å². The van der Waals surface area contributed by atoms with Gasteiger partial charge >= 0.3 is 0 Å². The van der Waals surface area contributed by atoms with Gasteiger partial charge in [-0.3, -0.25) is 4.79 Å². The number of hydrogen-bond donors (Lipinski definition) is 2. The summed E-state index contributed by atoms with van der Waals surface area (Å²) in [6.45, 7) is 2.63. The van der Waals surface area contributed by atoms with Crippen molar-refractivity contribution in [2.24, 2.45) is 0 Å². The highest BCUT2D eigenvalue weighted by molar-refractivity contribution is 7.16. The van der Waals surface area contributed by atoms with Crippen LogP contribution in [-0.4, -0.2) is 38.3 Å². The Balaban J connectivity index is 0.00000162.